The van der Waals surface area contributed by atoms with E-state index in [0.717, 1.165) is 0 Å². The second-order valence-electron chi connectivity index (χ2n) is 3.91. The van der Waals surface area contributed by atoms with Crippen molar-refractivity contribution >= 4 is 5.91 Å². The van der Waals surface area contributed by atoms with Gasteiger partial charge >= 0.3 is 0 Å². The summed E-state index contributed by atoms with van der Waals surface area (Å²) in [6.07, 6.45) is 3.66. The van der Waals surface area contributed by atoms with Crippen molar-refractivity contribution in [1.82, 2.24) is 19.9 Å². The summed E-state index contributed by atoms with van der Waals surface area (Å²) < 4.78 is 6.84. The summed E-state index contributed by atoms with van der Waals surface area (Å²) >= 11 is 0. The van der Waals surface area contributed by atoms with Gasteiger partial charge in [0.05, 0.1) is 38.6 Å². The minimum absolute atomic E-state index is 0.0165. The summed E-state index contributed by atoms with van der Waals surface area (Å²) in [5.41, 5.74) is 0. The summed E-state index contributed by atoms with van der Waals surface area (Å²) in [5, 5.41) is 16.6. The van der Waals surface area contributed by atoms with Crippen LogP contribution in [0.1, 0.15) is 6.42 Å². The minimum atomic E-state index is -0.216. The summed E-state index contributed by atoms with van der Waals surface area (Å²) in [4.78, 5) is 13.6. The average Bonchev–Trinajstić information content (AvgIpc) is 2.89. The van der Waals surface area contributed by atoms with Crippen molar-refractivity contribution in [2.75, 3.05) is 26.4 Å². The Kier molecular flexibility index (Phi) is 4.05. The van der Waals surface area contributed by atoms with Crippen LogP contribution in [0, 0.1) is 0 Å². The van der Waals surface area contributed by atoms with Crippen molar-refractivity contribution in [3.63, 3.8) is 0 Å². The molecule has 0 saturated carbocycles. The topological polar surface area (TPSA) is 80.5 Å². The van der Waals surface area contributed by atoms with Gasteiger partial charge in [-0.1, -0.05) is 5.21 Å². The summed E-state index contributed by atoms with van der Waals surface area (Å²) in [7, 11) is 0. The highest BCUT2D eigenvalue weighted by Gasteiger charge is 2.26. The molecule has 94 valence electrons. The molecule has 0 aromatic carbocycles. The van der Waals surface area contributed by atoms with Crippen molar-refractivity contribution in [1.29, 1.82) is 0 Å². The van der Waals surface area contributed by atoms with Gasteiger partial charge in [-0.15, -0.1) is 5.10 Å². The van der Waals surface area contributed by atoms with E-state index in [4.69, 9.17) is 9.84 Å². The third-order valence-electron chi connectivity index (χ3n) is 2.79. The van der Waals surface area contributed by atoms with E-state index in [1.165, 1.54) is 0 Å². The first-order chi connectivity index (χ1) is 8.31. The molecule has 1 aromatic rings. The van der Waals surface area contributed by atoms with Gasteiger partial charge in [0.25, 0.3) is 0 Å². The van der Waals surface area contributed by atoms with Crippen molar-refractivity contribution in [3.05, 3.63) is 12.4 Å². The average molecular weight is 240 g/mol. The Morgan fingerprint density at radius 3 is 3.18 bits per heavy atom. The zero-order chi connectivity index (χ0) is 12.1. The van der Waals surface area contributed by atoms with Crippen LogP contribution >= 0.6 is 0 Å². The maximum atomic E-state index is 12.0. The van der Waals surface area contributed by atoms with E-state index in [9.17, 15) is 4.79 Å². The quantitative estimate of drug-likeness (QED) is 0.721. The molecule has 2 rings (SSSR count). The molecule has 0 bridgehead atoms. The van der Waals surface area contributed by atoms with E-state index < -0.39 is 0 Å². The Morgan fingerprint density at radius 1 is 1.59 bits per heavy atom. The number of nitrogens with zero attached hydrogens (tertiary/aromatic N) is 4. The Bertz CT molecular complexity index is 354. The van der Waals surface area contributed by atoms with Gasteiger partial charge in [0.15, 0.2) is 0 Å². The van der Waals surface area contributed by atoms with Gasteiger partial charge in [-0.25, -0.2) is 0 Å². The lowest BCUT2D eigenvalue weighted by atomic mass is 10.2. The molecule has 17 heavy (non-hydrogen) atoms. The zero-order valence-corrected chi connectivity index (χ0v) is 9.53. The largest absolute Gasteiger partial charge is 0.394 e. The molecular weight excluding hydrogens is 224 g/mol. The molecule has 1 aromatic heterocycles. The number of hydrogen-bond donors (Lipinski definition) is 1. The normalized spacial score (nSPS) is 20.5. The number of aliphatic hydroxyl groups excluding tert-OH is 1. The second kappa shape index (κ2) is 5.74. The van der Waals surface area contributed by atoms with Crippen LogP contribution in [0.15, 0.2) is 12.4 Å². The van der Waals surface area contributed by atoms with Crippen molar-refractivity contribution < 1.29 is 14.6 Å². The van der Waals surface area contributed by atoms with Crippen LogP contribution in [0.3, 0.4) is 0 Å². The number of ether oxygens (including phenoxy) is 1. The first-order valence-corrected chi connectivity index (χ1v) is 5.63. The van der Waals surface area contributed by atoms with Gasteiger partial charge in [-0.2, -0.15) is 0 Å². The highest BCUT2D eigenvalue weighted by atomic mass is 16.5. The number of aryl methyl sites for hydroxylation is 1. The monoisotopic (exact) mass is 240 g/mol. The van der Waals surface area contributed by atoms with Gasteiger partial charge < -0.3 is 14.7 Å². The summed E-state index contributed by atoms with van der Waals surface area (Å²) in [5.74, 6) is 0.0165. The van der Waals surface area contributed by atoms with Gasteiger partial charge in [0.2, 0.25) is 5.91 Å². The molecule has 1 atom stereocenters. The smallest absolute Gasteiger partial charge is 0.224 e. The molecule has 0 aliphatic carbocycles. The second-order valence-corrected chi connectivity index (χ2v) is 3.91. The number of aliphatic hydroxyl groups is 1. The van der Waals surface area contributed by atoms with Gasteiger partial charge in [0, 0.05) is 19.2 Å². The van der Waals surface area contributed by atoms with Gasteiger partial charge in [-0.3, -0.25) is 9.48 Å². The number of amides is 1. The predicted octanol–water partition coefficient (Wildman–Crippen LogP) is -1.11. The maximum absolute atomic E-state index is 12.0. The van der Waals surface area contributed by atoms with Crippen LogP contribution < -0.4 is 0 Å². The first-order valence-electron chi connectivity index (χ1n) is 5.63. The third-order valence-corrected chi connectivity index (χ3v) is 2.79. The molecule has 1 fully saturated rings. The Labute approximate surface area is 99.0 Å². The van der Waals surface area contributed by atoms with E-state index in [0.29, 0.717) is 32.7 Å². The molecule has 2 heterocycles. The standard InChI is InChI=1S/C10H16N4O3/c15-7-9-8-17-6-5-14(9)10(16)1-3-13-4-2-11-12-13/h2,4,9,15H,1,3,5-8H2. The first kappa shape index (κ1) is 12.0. The number of carbonyl (C=O) groups excluding carboxylic acids is 1. The highest BCUT2D eigenvalue weighted by Crippen LogP contribution is 2.08. The van der Waals surface area contributed by atoms with Crippen molar-refractivity contribution in [2.45, 2.75) is 19.0 Å². The molecule has 1 N–H and O–H groups in total. The van der Waals surface area contributed by atoms with Gasteiger partial charge in [0.1, 0.15) is 0 Å². The molecule has 1 amide bonds. The third kappa shape index (κ3) is 3.01. The molecule has 1 aliphatic rings. The predicted molar refractivity (Wildman–Crippen MR) is 58.0 cm³/mol. The van der Waals surface area contributed by atoms with Crippen molar-refractivity contribution in [2.24, 2.45) is 0 Å². The van der Waals surface area contributed by atoms with E-state index in [2.05, 4.69) is 10.3 Å². The van der Waals surface area contributed by atoms with Crippen LogP contribution in [0.25, 0.3) is 0 Å². The summed E-state index contributed by atoms with van der Waals surface area (Å²) in [6, 6.07) is -0.216. The molecule has 7 heteroatoms. The lowest BCUT2D eigenvalue weighted by molar-refractivity contribution is -0.141. The maximum Gasteiger partial charge on any atom is 0.224 e. The number of aromatic nitrogens is 3. The van der Waals surface area contributed by atoms with Crippen LogP contribution in [-0.2, 0) is 16.1 Å². The molecule has 7 nitrogen and oxygen atoms in total. The molecular formula is C10H16N4O3. The van der Waals surface area contributed by atoms with Crippen LogP contribution in [0.2, 0.25) is 0 Å². The van der Waals surface area contributed by atoms with Crippen LogP contribution in [0.4, 0.5) is 0 Å². The van der Waals surface area contributed by atoms with Crippen LogP contribution in [0.5, 0.6) is 0 Å². The number of rotatable bonds is 4. The van der Waals surface area contributed by atoms with E-state index in [1.807, 2.05) is 0 Å². The Hall–Kier alpha value is -1.47. The van der Waals surface area contributed by atoms with E-state index in [1.54, 1.807) is 22.0 Å². The molecule has 1 aliphatic heterocycles. The molecule has 1 unspecified atom stereocenters. The number of hydrogen-bond acceptors (Lipinski definition) is 5. The fourth-order valence-electron chi connectivity index (χ4n) is 1.84. The lowest BCUT2D eigenvalue weighted by Gasteiger charge is -2.34. The Morgan fingerprint density at radius 2 is 2.47 bits per heavy atom. The highest BCUT2D eigenvalue weighted by molar-refractivity contribution is 5.76. The minimum Gasteiger partial charge on any atom is -0.394 e. The SMILES string of the molecule is O=C(CCn1ccnn1)N1CCOCC1CO. The molecule has 1 saturated heterocycles. The number of carbonyl (C=O) groups is 1. The molecule has 0 spiro atoms. The number of morpholine rings is 1. The van der Waals surface area contributed by atoms with E-state index in [-0.39, 0.29) is 18.6 Å². The van der Waals surface area contributed by atoms with Gasteiger partial charge in [-0.05, 0) is 0 Å². The van der Waals surface area contributed by atoms with Crippen molar-refractivity contribution in [3.8, 4) is 0 Å². The molecule has 0 radical (unpaired) electrons. The fraction of sp³-hybridized carbons (Fsp3) is 0.700. The Balaban J connectivity index is 1.85. The van der Waals surface area contributed by atoms with E-state index >= 15 is 0 Å². The van der Waals surface area contributed by atoms with Crippen LogP contribution in [-0.4, -0.2) is 63.3 Å². The summed E-state index contributed by atoms with van der Waals surface area (Å²) in [6.45, 7) is 1.93. The zero-order valence-electron chi connectivity index (χ0n) is 9.53. The fourth-order valence-corrected chi connectivity index (χ4v) is 1.84. The lowest BCUT2D eigenvalue weighted by Crippen LogP contribution is -2.50.